The first kappa shape index (κ1) is 16.6. The molecule has 0 radical (unpaired) electrons. The molecule has 1 atom stereocenters. The lowest BCUT2D eigenvalue weighted by Gasteiger charge is -2.15. The number of carbonyl (C=O) groups excluding carboxylic acids is 1. The van der Waals surface area contributed by atoms with E-state index in [4.69, 9.17) is 4.74 Å². The highest BCUT2D eigenvalue weighted by atomic mass is 16.5. The van der Waals surface area contributed by atoms with Crippen LogP contribution in [0.2, 0.25) is 0 Å². The quantitative estimate of drug-likeness (QED) is 0.724. The normalized spacial score (nSPS) is 16.3. The summed E-state index contributed by atoms with van der Waals surface area (Å²) in [4.78, 5) is 11.8. The van der Waals surface area contributed by atoms with E-state index < -0.39 is 6.10 Å². The van der Waals surface area contributed by atoms with E-state index in [9.17, 15) is 9.90 Å². The lowest BCUT2D eigenvalue weighted by molar-refractivity contribution is 0.162. The average molecular weight is 306 g/mol. The van der Waals surface area contributed by atoms with Crippen molar-refractivity contribution in [3.05, 3.63) is 24.3 Å². The Balaban J connectivity index is 1.80. The molecule has 1 aromatic rings. The molecule has 1 unspecified atom stereocenters. The molecule has 0 bridgehead atoms. The van der Waals surface area contributed by atoms with E-state index in [1.165, 1.54) is 12.8 Å². The summed E-state index contributed by atoms with van der Waals surface area (Å²) in [5.74, 6) is 0.788. The fourth-order valence-electron chi connectivity index (χ4n) is 2.67. The van der Waals surface area contributed by atoms with Crippen LogP contribution < -0.4 is 15.4 Å². The highest BCUT2D eigenvalue weighted by Gasteiger charge is 2.16. The Morgan fingerprint density at radius 2 is 2.18 bits per heavy atom. The molecule has 0 spiro atoms. The summed E-state index contributed by atoms with van der Waals surface area (Å²) >= 11 is 0. The van der Waals surface area contributed by atoms with Crippen molar-refractivity contribution in [2.24, 2.45) is 0 Å². The van der Waals surface area contributed by atoms with Crippen molar-refractivity contribution in [3.8, 4) is 5.75 Å². The minimum Gasteiger partial charge on any atom is -0.490 e. The molecule has 0 aromatic heterocycles. The van der Waals surface area contributed by atoms with E-state index in [-0.39, 0.29) is 12.6 Å². The van der Waals surface area contributed by atoms with Gasteiger partial charge in [-0.05, 0) is 44.2 Å². The predicted octanol–water partition coefficient (Wildman–Crippen LogP) is 3.29. The zero-order chi connectivity index (χ0) is 15.8. The Hall–Kier alpha value is -1.75. The van der Waals surface area contributed by atoms with E-state index in [0.717, 1.165) is 25.0 Å². The van der Waals surface area contributed by atoms with Crippen molar-refractivity contribution in [2.45, 2.75) is 57.7 Å². The number of nitrogens with one attached hydrogen (secondary N) is 2. The maximum Gasteiger partial charge on any atom is 0.319 e. The van der Waals surface area contributed by atoms with Crippen LogP contribution in [0.4, 0.5) is 10.5 Å². The monoisotopic (exact) mass is 306 g/mol. The second kappa shape index (κ2) is 8.63. The summed E-state index contributed by atoms with van der Waals surface area (Å²) in [6.45, 7) is 2.26. The molecule has 122 valence electrons. The molecule has 1 saturated carbocycles. The van der Waals surface area contributed by atoms with Gasteiger partial charge in [0.2, 0.25) is 0 Å². The molecular weight excluding hydrogens is 280 g/mol. The van der Waals surface area contributed by atoms with Crippen molar-refractivity contribution in [1.29, 1.82) is 0 Å². The van der Waals surface area contributed by atoms with Gasteiger partial charge in [0.25, 0.3) is 0 Å². The predicted molar refractivity (Wildman–Crippen MR) is 87.3 cm³/mol. The summed E-state index contributed by atoms with van der Waals surface area (Å²) in [5, 5.41) is 15.0. The molecule has 0 heterocycles. The third-order valence-corrected chi connectivity index (χ3v) is 3.82. The van der Waals surface area contributed by atoms with Crippen LogP contribution in [0.15, 0.2) is 24.3 Å². The molecule has 0 saturated heterocycles. The summed E-state index contributed by atoms with van der Waals surface area (Å²) in [6, 6.07) is 7.12. The summed E-state index contributed by atoms with van der Waals surface area (Å²) in [7, 11) is 0. The van der Waals surface area contributed by atoms with E-state index >= 15 is 0 Å². The molecule has 1 fully saturated rings. The van der Waals surface area contributed by atoms with E-state index in [1.807, 2.05) is 31.2 Å². The lowest BCUT2D eigenvalue weighted by atomic mass is 10.2. The number of amides is 2. The van der Waals surface area contributed by atoms with Crippen LogP contribution in [-0.2, 0) is 0 Å². The minimum absolute atomic E-state index is 0.262. The van der Waals surface area contributed by atoms with Gasteiger partial charge in [-0.15, -0.1) is 0 Å². The van der Waals surface area contributed by atoms with Crippen LogP contribution in [0, 0.1) is 0 Å². The molecule has 2 rings (SSSR count). The van der Waals surface area contributed by atoms with Crippen molar-refractivity contribution >= 4 is 11.7 Å². The smallest absolute Gasteiger partial charge is 0.319 e. The molecule has 0 aliphatic heterocycles. The Kier molecular flexibility index (Phi) is 6.52. The summed E-state index contributed by atoms with van der Waals surface area (Å²) in [6.07, 6.45) is 6.05. The summed E-state index contributed by atoms with van der Waals surface area (Å²) < 4.78 is 5.92. The van der Waals surface area contributed by atoms with Gasteiger partial charge in [-0.25, -0.2) is 4.79 Å². The van der Waals surface area contributed by atoms with Crippen LogP contribution in [0.5, 0.6) is 5.75 Å². The maximum atomic E-state index is 11.8. The number of urea groups is 1. The number of aliphatic hydroxyl groups excluding tert-OH is 1. The number of anilines is 1. The number of aliphatic hydroxyl groups is 1. The Labute approximate surface area is 132 Å². The van der Waals surface area contributed by atoms with Gasteiger partial charge >= 0.3 is 6.03 Å². The zero-order valence-corrected chi connectivity index (χ0v) is 13.2. The molecule has 5 nitrogen and oxygen atoms in total. The van der Waals surface area contributed by atoms with Gasteiger partial charge in [-0.3, -0.25) is 0 Å². The van der Waals surface area contributed by atoms with Crippen molar-refractivity contribution in [2.75, 3.05) is 11.9 Å². The number of hydrogen-bond acceptors (Lipinski definition) is 3. The molecular formula is C17H26N2O3. The van der Waals surface area contributed by atoms with Crippen molar-refractivity contribution < 1.29 is 14.6 Å². The van der Waals surface area contributed by atoms with Crippen LogP contribution in [0.3, 0.4) is 0 Å². The van der Waals surface area contributed by atoms with E-state index in [1.54, 1.807) is 0 Å². The highest BCUT2D eigenvalue weighted by molar-refractivity contribution is 5.89. The average Bonchev–Trinajstić information content (AvgIpc) is 2.99. The Morgan fingerprint density at radius 3 is 2.91 bits per heavy atom. The molecule has 1 aliphatic carbocycles. The number of benzene rings is 1. The number of hydrogen-bond donors (Lipinski definition) is 3. The largest absolute Gasteiger partial charge is 0.490 e. The first-order valence-corrected chi connectivity index (χ1v) is 8.17. The molecule has 22 heavy (non-hydrogen) atoms. The minimum atomic E-state index is -0.493. The van der Waals surface area contributed by atoms with Gasteiger partial charge in [0.15, 0.2) is 0 Å². The van der Waals surface area contributed by atoms with Gasteiger partial charge in [0.05, 0.1) is 12.2 Å². The zero-order valence-electron chi connectivity index (χ0n) is 13.2. The van der Waals surface area contributed by atoms with Gasteiger partial charge in [0.1, 0.15) is 5.75 Å². The fourth-order valence-corrected chi connectivity index (χ4v) is 2.67. The lowest BCUT2D eigenvalue weighted by Crippen LogP contribution is -2.35. The van der Waals surface area contributed by atoms with Crippen LogP contribution in [0.1, 0.15) is 45.4 Å². The first-order chi connectivity index (χ1) is 10.7. The first-order valence-electron chi connectivity index (χ1n) is 8.17. The van der Waals surface area contributed by atoms with Gasteiger partial charge in [-0.1, -0.05) is 19.4 Å². The molecule has 3 N–H and O–H groups in total. The molecule has 5 heteroatoms. The highest BCUT2D eigenvalue weighted by Crippen LogP contribution is 2.25. The third-order valence-electron chi connectivity index (χ3n) is 3.82. The van der Waals surface area contributed by atoms with Gasteiger partial charge in [0, 0.05) is 18.3 Å². The SMILES string of the molecule is CCCC(O)CNC(=O)Nc1cccc(OC2CCCC2)c1. The van der Waals surface area contributed by atoms with E-state index in [2.05, 4.69) is 10.6 Å². The molecule has 1 aliphatic rings. The third kappa shape index (κ3) is 5.56. The van der Waals surface area contributed by atoms with Crippen molar-refractivity contribution in [3.63, 3.8) is 0 Å². The second-order valence-electron chi connectivity index (χ2n) is 5.83. The topological polar surface area (TPSA) is 70.6 Å². The van der Waals surface area contributed by atoms with Crippen molar-refractivity contribution in [1.82, 2.24) is 5.32 Å². The Morgan fingerprint density at radius 1 is 1.41 bits per heavy atom. The molecule has 1 aromatic carbocycles. The number of rotatable bonds is 7. The summed E-state index contributed by atoms with van der Waals surface area (Å²) in [5.41, 5.74) is 0.693. The standard InChI is InChI=1S/C17H26N2O3/c1-2-6-14(20)12-18-17(21)19-13-7-5-10-16(11-13)22-15-8-3-4-9-15/h5,7,10-11,14-15,20H,2-4,6,8-9,12H2,1H3,(H2,18,19,21). The van der Waals surface area contributed by atoms with Gasteiger partial charge in [-0.2, -0.15) is 0 Å². The number of ether oxygens (including phenoxy) is 1. The van der Waals surface area contributed by atoms with E-state index in [0.29, 0.717) is 18.2 Å². The van der Waals surface area contributed by atoms with Crippen LogP contribution in [0.25, 0.3) is 0 Å². The maximum absolute atomic E-state index is 11.8. The van der Waals surface area contributed by atoms with Crippen LogP contribution in [-0.4, -0.2) is 29.9 Å². The van der Waals surface area contributed by atoms with Crippen LogP contribution >= 0.6 is 0 Å². The fraction of sp³-hybridized carbons (Fsp3) is 0.588. The Bertz CT molecular complexity index is 473. The number of carbonyl (C=O) groups is 1. The van der Waals surface area contributed by atoms with Gasteiger partial charge < -0.3 is 20.5 Å². The molecule has 2 amide bonds. The second-order valence-corrected chi connectivity index (χ2v) is 5.83.